The van der Waals surface area contributed by atoms with Gasteiger partial charge in [-0.15, -0.1) is 0 Å². The van der Waals surface area contributed by atoms with Crippen LogP contribution in [0.2, 0.25) is 0 Å². The number of fused-ring (bicyclic) bond motifs is 3. The van der Waals surface area contributed by atoms with Gasteiger partial charge < -0.3 is 20.1 Å². The van der Waals surface area contributed by atoms with E-state index in [1.54, 1.807) is 0 Å². The van der Waals surface area contributed by atoms with E-state index in [1.807, 2.05) is 38.1 Å². The molecule has 4 aromatic rings. The van der Waals surface area contributed by atoms with Crippen LogP contribution in [0, 0.1) is 19.8 Å². The predicted molar refractivity (Wildman–Crippen MR) is 120 cm³/mol. The molecule has 0 spiro atoms. The van der Waals surface area contributed by atoms with Crippen molar-refractivity contribution in [3.05, 3.63) is 47.3 Å². The summed E-state index contributed by atoms with van der Waals surface area (Å²) in [6, 6.07) is 9.77. The van der Waals surface area contributed by atoms with Gasteiger partial charge in [0.15, 0.2) is 0 Å². The maximum absolute atomic E-state index is 12.6. The van der Waals surface area contributed by atoms with E-state index in [4.69, 9.17) is 10.3 Å². The van der Waals surface area contributed by atoms with Gasteiger partial charge in [-0.3, -0.25) is 9.59 Å². The third kappa shape index (κ3) is 3.26. The average Bonchev–Trinajstić information content (AvgIpc) is 3.40. The van der Waals surface area contributed by atoms with Crippen molar-refractivity contribution in [2.24, 2.45) is 11.7 Å². The number of nitrogens with one attached hydrogen (secondary N) is 1. The summed E-state index contributed by atoms with van der Waals surface area (Å²) in [4.78, 5) is 24.1. The van der Waals surface area contributed by atoms with Crippen molar-refractivity contribution in [3.63, 3.8) is 0 Å². The largest absolute Gasteiger partial charge is 0.366 e. The molecule has 2 heterocycles. The molecule has 2 aromatic carbocycles. The Bertz CT molecular complexity index is 1360. The van der Waals surface area contributed by atoms with Crippen molar-refractivity contribution in [1.82, 2.24) is 9.72 Å². The van der Waals surface area contributed by atoms with Crippen LogP contribution in [0.5, 0.6) is 0 Å². The van der Waals surface area contributed by atoms with Gasteiger partial charge in [-0.2, -0.15) is 0 Å². The van der Waals surface area contributed by atoms with Crippen LogP contribution < -0.4 is 11.1 Å². The number of nitrogens with two attached hydrogens (primary N) is 1. The highest BCUT2D eigenvalue weighted by Crippen LogP contribution is 2.40. The first-order valence-corrected chi connectivity index (χ1v) is 10.4. The first-order valence-electron chi connectivity index (χ1n) is 10.4. The first-order chi connectivity index (χ1) is 14.8. The minimum Gasteiger partial charge on any atom is -0.366 e. The molecule has 31 heavy (non-hydrogen) atoms. The summed E-state index contributed by atoms with van der Waals surface area (Å²) >= 11 is 0. The molecule has 2 aromatic heterocycles. The Kier molecular flexibility index (Phi) is 4.36. The molecule has 0 radical (unpaired) electrons. The smallest absolute Gasteiger partial charge is 0.250 e. The number of primary amides is 1. The first kappa shape index (κ1) is 19.4. The Hall–Kier alpha value is -3.61. The molecule has 1 aliphatic carbocycles. The number of rotatable bonds is 5. The fourth-order valence-corrected chi connectivity index (χ4v) is 4.49. The van der Waals surface area contributed by atoms with Crippen molar-refractivity contribution in [2.45, 2.75) is 40.2 Å². The lowest BCUT2D eigenvalue weighted by molar-refractivity contribution is -0.114. The summed E-state index contributed by atoms with van der Waals surface area (Å²) in [5.74, 6) is 0.691. The number of carbonyl (C=O) groups is 2. The summed E-state index contributed by atoms with van der Waals surface area (Å²) in [7, 11) is 0. The summed E-state index contributed by atoms with van der Waals surface area (Å²) < 4.78 is 7.54. The van der Waals surface area contributed by atoms with Crippen LogP contribution in [0.4, 0.5) is 5.69 Å². The molecule has 1 fully saturated rings. The van der Waals surface area contributed by atoms with Gasteiger partial charge in [-0.25, -0.2) is 0 Å². The Morgan fingerprint density at radius 2 is 1.97 bits per heavy atom. The lowest BCUT2D eigenvalue weighted by atomic mass is 9.97. The van der Waals surface area contributed by atoms with Gasteiger partial charge in [-0.1, -0.05) is 11.2 Å². The summed E-state index contributed by atoms with van der Waals surface area (Å²) in [6.07, 6.45) is 2.35. The average molecular weight is 416 g/mol. The van der Waals surface area contributed by atoms with E-state index in [2.05, 4.69) is 21.1 Å². The van der Waals surface area contributed by atoms with Gasteiger partial charge in [0.25, 0.3) is 5.91 Å². The Balaban J connectivity index is 1.85. The molecule has 158 valence electrons. The van der Waals surface area contributed by atoms with Crippen molar-refractivity contribution in [2.75, 3.05) is 5.32 Å². The van der Waals surface area contributed by atoms with Gasteiger partial charge in [0.1, 0.15) is 5.76 Å². The molecule has 0 aliphatic heterocycles. The molecule has 0 atom stereocenters. The van der Waals surface area contributed by atoms with Crippen LogP contribution in [0.15, 0.2) is 34.9 Å². The number of anilines is 1. The van der Waals surface area contributed by atoms with Gasteiger partial charge >= 0.3 is 0 Å². The van der Waals surface area contributed by atoms with Crippen LogP contribution in [0.3, 0.4) is 0 Å². The second-order valence-electron chi connectivity index (χ2n) is 8.45. The van der Waals surface area contributed by atoms with Gasteiger partial charge in [0.05, 0.1) is 22.3 Å². The van der Waals surface area contributed by atoms with E-state index < -0.39 is 5.91 Å². The fourth-order valence-electron chi connectivity index (χ4n) is 4.49. The molecule has 1 saturated carbocycles. The number of aromatic nitrogens is 2. The maximum atomic E-state index is 12.6. The SMILES string of the molecule is CC(=O)Nc1ccc2c3cc(-c4c(C)noc4C)cc(C(N)=O)c3n(CC3CC3)c2c1. The van der Waals surface area contributed by atoms with Crippen LogP contribution in [0.1, 0.15) is 41.6 Å². The van der Waals surface area contributed by atoms with Crippen LogP contribution in [-0.4, -0.2) is 21.5 Å². The van der Waals surface area contributed by atoms with Crippen molar-refractivity contribution >= 4 is 39.3 Å². The highest BCUT2D eigenvalue weighted by atomic mass is 16.5. The molecular formula is C24H24N4O3. The number of nitrogens with zero attached hydrogens (tertiary/aromatic N) is 2. The number of carbonyl (C=O) groups excluding carboxylic acids is 2. The van der Waals surface area contributed by atoms with E-state index in [-0.39, 0.29) is 5.91 Å². The van der Waals surface area contributed by atoms with Crippen molar-refractivity contribution < 1.29 is 14.1 Å². The molecule has 0 saturated heterocycles. The predicted octanol–water partition coefficient (Wildman–Crippen LogP) is 4.53. The highest BCUT2D eigenvalue weighted by molar-refractivity contribution is 6.17. The van der Waals surface area contributed by atoms with Crippen molar-refractivity contribution in [3.8, 4) is 11.1 Å². The standard InChI is InChI=1S/C24H24N4O3/c1-12-22(13(2)31-27-12)16-8-19-18-7-6-17(26-14(3)29)10-21(18)28(11-15-4-5-15)23(19)20(9-16)24(25)30/h6-10,15H,4-5,11H2,1-3H3,(H2,25,30)(H,26,29). The molecule has 7 heteroatoms. The van der Waals surface area contributed by atoms with Gasteiger partial charge in [0.2, 0.25) is 5.91 Å². The Morgan fingerprint density at radius 3 is 2.58 bits per heavy atom. The minimum atomic E-state index is -0.472. The number of hydrogen-bond acceptors (Lipinski definition) is 4. The topological polar surface area (TPSA) is 103 Å². The fraction of sp³-hybridized carbons (Fsp3) is 0.292. The zero-order valence-electron chi connectivity index (χ0n) is 17.8. The van der Waals surface area contributed by atoms with Crippen LogP contribution in [-0.2, 0) is 11.3 Å². The normalized spacial score (nSPS) is 13.8. The molecule has 2 amide bonds. The Morgan fingerprint density at radius 1 is 1.19 bits per heavy atom. The molecule has 5 rings (SSSR count). The summed E-state index contributed by atoms with van der Waals surface area (Å²) in [5.41, 5.74) is 11.4. The minimum absolute atomic E-state index is 0.122. The zero-order valence-corrected chi connectivity index (χ0v) is 17.8. The summed E-state index contributed by atoms with van der Waals surface area (Å²) in [5, 5.41) is 8.89. The van der Waals surface area contributed by atoms with Gasteiger partial charge in [-0.05, 0) is 62.4 Å². The quantitative estimate of drug-likeness (QED) is 0.499. The number of benzene rings is 2. The van der Waals surface area contributed by atoms with E-state index in [9.17, 15) is 9.59 Å². The van der Waals surface area contributed by atoms with Gasteiger partial charge in [0, 0.05) is 35.5 Å². The zero-order chi connectivity index (χ0) is 21.9. The number of amides is 2. The molecule has 0 unspecified atom stereocenters. The molecule has 1 aliphatic rings. The molecule has 3 N–H and O–H groups in total. The van der Waals surface area contributed by atoms with Crippen LogP contribution >= 0.6 is 0 Å². The number of aryl methyl sites for hydroxylation is 2. The highest BCUT2D eigenvalue weighted by Gasteiger charge is 2.26. The van der Waals surface area contributed by atoms with E-state index in [1.165, 1.54) is 19.8 Å². The lowest BCUT2D eigenvalue weighted by Crippen LogP contribution is -2.14. The third-order valence-corrected chi connectivity index (χ3v) is 6.00. The third-order valence-electron chi connectivity index (χ3n) is 6.00. The van der Waals surface area contributed by atoms with E-state index in [0.717, 1.165) is 50.9 Å². The summed E-state index contributed by atoms with van der Waals surface area (Å²) in [6.45, 7) is 6.05. The van der Waals surface area contributed by atoms with E-state index in [0.29, 0.717) is 17.2 Å². The maximum Gasteiger partial charge on any atom is 0.250 e. The molecular weight excluding hydrogens is 392 g/mol. The molecule has 7 nitrogen and oxygen atoms in total. The second-order valence-corrected chi connectivity index (χ2v) is 8.45. The monoisotopic (exact) mass is 416 g/mol. The second kappa shape index (κ2) is 6.97. The lowest BCUT2D eigenvalue weighted by Gasteiger charge is -2.11. The molecule has 0 bridgehead atoms. The Labute approximate surface area is 179 Å². The van der Waals surface area contributed by atoms with E-state index >= 15 is 0 Å². The van der Waals surface area contributed by atoms with Crippen LogP contribution in [0.25, 0.3) is 32.9 Å². The number of hydrogen-bond donors (Lipinski definition) is 2. The van der Waals surface area contributed by atoms with Crippen molar-refractivity contribution in [1.29, 1.82) is 0 Å².